The third-order valence-electron chi connectivity index (χ3n) is 7.24. The lowest BCUT2D eigenvalue weighted by Crippen LogP contribution is -2.63. The molecule has 9 nitrogen and oxygen atoms in total. The fraction of sp³-hybridized carbons (Fsp3) is 0.464. The Bertz CT molecular complexity index is 1150. The molecule has 3 amide bonds. The number of rotatable bonds is 7. The molecule has 2 fully saturated rings. The normalized spacial score (nSPS) is 18.9. The SMILES string of the molecule is COC(=O)[C@@H](Cc1cccnc1)NC(=O)[C@@H]1CN(C(=O)c2cccc(F)c2)CCN1C(=O)C1CCCCC1. The highest BCUT2D eigenvalue weighted by Gasteiger charge is 2.40. The zero-order valence-corrected chi connectivity index (χ0v) is 21.5. The highest BCUT2D eigenvalue weighted by Crippen LogP contribution is 2.27. The van der Waals surface area contributed by atoms with Crippen LogP contribution in [0.5, 0.6) is 0 Å². The number of methoxy groups -OCH3 is 1. The first-order valence-corrected chi connectivity index (χ1v) is 13.0. The second-order valence-electron chi connectivity index (χ2n) is 9.79. The lowest BCUT2D eigenvalue weighted by atomic mass is 9.87. The van der Waals surface area contributed by atoms with Crippen LogP contribution in [0.25, 0.3) is 0 Å². The number of pyridine rings is 1. The number of carbonyl (C=O) groups is 4. The van der Waals surface area contributed by atoms with E-state index in [4.69, 9.17) is 4.74 Å². The standard InChI is InChI=1S/C28H33FN4O5/c1-38-28(37)23(15-19-7-6-12-30-17-19)31-25(34)24-18-32(26(35)21-10-5-11-22(29)16-21)13-14-33(24)27(36)20-8-3-2-4-9-20/h5-7,10-12,16-17,20,23-24H,2-4,8-9,13-15,18H2,1H3,(H,31,34)/t23-,24+/m1/s1. The van der Waals surface area contributed by atoms with Crippen molar-refractivity contribution in [1.82, 2.24) is 20.1 Å². The van der Waals surface area contributed by atoms with Crippen molar-refractivity contribution in [2.45, 2.75) is 50.6 Å². The summed E-state index contributed by atoms with van der Waals surface area (Å²) in [6, 6.07) is 6.88. The molecule has 0 radical (unpaired) electrons. The summed E-state index contributed by atoms with van der Waals surface area (Å²) < 4.78 is 18.7. The number of hydrogen-bond donors (Lipinski definition) is 1. The molecule has 0 bridgehead atoms. The Hall–Kier alpha value is -3.82. The molecular formula is C28H33FN4O5. The van der Waals surface area contributed by atoms with E-state index in [1.54, 1.807) is 29.4 Å². The number of ether oxygens (including phenoxy) is 1. The third kappa shape index (κ3) is 6.54. The molecule has 1 aliphatic carbocycles. The van der Waals surface area contributed by atoms with Gasteiger partial charge in [0.1, 0.15) is 17.9 Å². The van der Waals surface area contributed by atoms with Crippen LogP contribution in [0.4, 0.5) is 4.39 Å². The number of amides is 3. The topological polar surface area (TPSA) is 109 Å². The van der Waals surface area contributed by atoms with Crippen molar-refractivity contribution in [1.29, 1.82) is 0 Å². The summed E-state index contributed by atoms with van der Waals surface area (Å²) in [6.45, 7) is 0.314. The zero-order valence-electron chi connectivity index (χ0n) is 21.5. The minimum absolute atomic E-state index is 0.0690. The summed E-state index contributed by atoms with van der Waals surface area (Å²) in [7, 11) is 1.24. The number of nitrogens with one attached hydrogen (secondary N) is 1. The molecule has 38 heavy (non-hydrogen) atoms. The average molecular weight is 525 g/mol. The summed E-state index contributed by atoms with van der Waals surface area (Å²) in [6.07, 6.45) is 7.89. The number of hydrogen-bond acceptors (Lipinski definition) is 6. The zero-order chi connectivity index (χ0) is 27.1. The van der Waals surface area contributed by atoms with Crippen LogP contribution in [0.3, 0.4) is 0 Å². The Balaban J connectivity index is 1.56. The van der Waals surface area contributed by atoms with Gasteiger partial charge in [-0.25, -0.2) is 9.18 Å². The molecule has 1 N–H and O–H groups in total. The largest absolute Gasteiger partial charge is 0.467 e. The van der Waals surface area contributed by atoms with Crippen molar-refractivity contribution >= 4 is 23.7 Å². The van der Waals surface area contributed by atoms with Gasteiger partial charge >= 0.3 is 5.97 Å². The maximum atomic E-state index is 13.8. The van der Waals surface area contributed by atoms with Gasteiger partial charge in [-0.1, -0.05) is 31.4 Å². The molecule has 0 spiro atoms. The summed E-state index contributed by atoms with van der Waals surface area (Å²) in [5.41, 5.74) is 0.894. The fourth-order valence-corrected chi connectivity index (χ4v) is 5.20. The van der Waals surface area contributed by atoms with Crippen LogP contribution in [-0.4, -0.2) is 77.3 Å². The predicted octanol–water partition coefficient (Wildman–Crippen LogP) is 2.35. The van der Waals surface area contributed by atoms with Crippen molar-refractivity contribution in [3.05, 3.63) is 65.7 Å². The van der Waals surface area contributed by atoms with Crippen LogP contribution >= 0.6 is 0 Å². The number of halogens is 1. The van der Waals surface area contributed by atoms with Crippen LogP contribution in [0, 0.1) is 11.7 Å². The van der Waals surface area contributed by atoms with E-state index < -0.39 is 35.7 Å². The number of carbonyl (C=O) groups excluding carboxylic acids is 4. The van der Waals surface area contributed by atoms with Crippen LogP contribution in [0.1, 0.15) is 48.0 Å². The van der Waals surface area contributed by atoms with Gasteiger partial charge in [0.25, 0.3) is 5.91 Å². The van der Waals surface area contributed by atoms with Crippen LogP contribution in [0.2, 0.25) is 0 Å². The molecule has 10 heteroatoms. The van der Waals surface area contributed by atoms with E-state index in [-0.39, 0.29) is 43.4 Å². The third-order valence-corrected chi connectivity index (χ3v) is 7.24. The van der Waals surface area contributed by atoms with E-state index >= 15 is 0 Å². The molecule has 2 aliphatic rings. The Kier molecular flexibility index (Phi) is 9.04. The van der Waals surface area contributed by atoms with Crippen molar-refractivity contribution in [3.8, 4) is 0 Å². The van der Waals surface area contributed by atoms with Crippen molar-refractivity contribution < 1.29 is 28.3 Å². The van der Waals surface area contributed by atoms with E-state index in [0.29, 0.717) is 0 Å². The van der Waals surface area contributed by atoms with E-state index in [0.717, 1.165) is 43.7 Å². The first-order chi connectivity index (χ1) is 18.4. The number of piperazine rings is 1. The lowest BCUT2D eigenvalue weighted by Gasteiger charge is -2.42. The van der Waals surface area contributed by atoms with Crippen molar-refractivity contribution in [2.75, 3.05) is 26.7 Å². The van der Waals surface area contributed by atoms with Crippen LogP contribution < -0.4 is 5.32 Å². The minimum Gasteiger partial charge on any atom is -0.467 e. The van der Waals surface area contributed by atoms with E-state index in [1.165, 1.54) is 30.2 Å². The number of esters is 1. The van der Waals surface area contributed by atoms with Gasteiger partial charge in [0, 0.05) is 43.4 Å². The molecule has 1 aromatic carbocycles. The Labute approximate surface area is 221 Å². The monoisotopic (exact) mass is 524 g/mol. The highest BCUT2D eigenvalue weighted by atomic mass is 19.1. The molecule has 0 unspecified atom stereocenters. The molecule has 2 aromatic rings. The second kappa shape index (κ2) is 12.6. The Morgan fingerprint density at radius 1 is 1.11 bits per heavy atom. The van der Waals surface area contributed by atoms with Gasteiger partial charge in [0.05, 0.1) is 13.7 Å². The summed E-state index contributed by atoms with van der Waals surface area (Å²) >= 11 is 0. The quantitative estimate of drug-likeness (QED) is 0.557. The van der Waals surface area contributed by atoms with Crippen molar-refractivity contribution in [2.24, 2.45) is 5.92 Å². The van der Waals surface area contributed by atoms with Gasteiger partial charge in [0.15, 0.2) is 0 Å². The molecule has 1 aromatic heterocycles. The van der Waals surface area contributed by atoms with Gasteiger partial charge < -0.3 is 19.9 Å². The smallest absolute Gasteiger partial charge is 0.328 e. The van der Waals surface area contributed by atoms with E-state index in [9.17, 15) is 23.6 Å². The summed E-state index contributed by atoms with van der Waals surface area (Å²) in [4.78, 5) is 59.9. The van der Waals surface area contributed by atoms with Gasteiger partial charge in [-0.2, -0.15) is 0 Å². The first kappa shape index (κ1) is 27.2. The molecule has 2 heterocycles. The first-order valence-electron chi connectivity index (χ1n) is 13.0. The minimum atomic E-state index is -1.00. The van der Waals surface area contributed by atoms with Crippen LogP contribution in [-0.2, 0) is 25.5 Å². The molecular weight excluding hydrogens is 491 g/mol. The summed E-state index contributed by atoms with van der Waals surface area (Å²) in [5.74, 6) is -2.42. The van der Waals surface area contributed by atoms with Gasteiger partial charge in [0.2, 0.25) is 11.8 Å². The number of benzene rings is 1. The van der Waals surface area contributed by atoms with Gasteiger partial charge in [-0.15, -0.1) is 0 Å². The van der Waals surface area contributed by atoms with Gasteiger partial charge in [-0.05, 0) is 42.7 Å². The average Bonchev–Trinajstić information content (AvgIpc) is 2.96. The van der Waals surface area contributed by atoms with E-state index in [1.807, 2.05) is 0 Å². The lowest BCUT2D eigenvalue weighted by molar-refractivity contribution is -0.150. The molecule has 1 saturated carbocycles. The summed E-state index contributed by atoms with van der Waals surface area (Å²) in [5, 5.41) is 2.75. The van der Waals surface area contributed by atoms with Crippen molar-refractivity contribution in [3.63, 3.8) is 0 Å². The second-order valence-corrected chi connectivity index (χ2v) is 9.79. The molecule has 2 atom stereocenters. The van der Waals surface area contributed by atoms with E-state index in [2.05, 4.69) is 10.3 Å². The molecule has 1 aliphatic heterocycles. The number of aromatic nitrogens is 1. The Morgan fingerprint density at radius 3 is 2.58 bits per heavy atom. The predicted molar refractivity (Wildman–Crippen MR) is 136 cm³/mol. The van der Waals surface area contributed by atoms with Gasteiger partial charge in [-0.3, -0.25) is 19.4 Å². The maximum Gasteiger partial charge on any atom is 0.328 e. The molecule has 4 rings (SSSR count). The Morgan fingerprint density at radius 2 is 1.89 bits per heavy atom. The molecule has 202 valence electrons. The molecule has 1 saturated heterocycles. The van der Waals surface area contributed by atoms with Crippen LogP contribution in [0.15, 0.2) is 48.8 Å². The number of nitrogens with zero attached hydrogens (tertiary/aromatic N) is 3. The highest BCUT2D eigenvalue weighted by molar-refractivity contribution is 5.96. The maximum absolute atomic E-state index is 13.8. The fourth-order valence-electron chi connectivity index (χ4n) is 5.20.